The van der Waals surface area contributed by atoms with Crippen LogP contribution in [0.2, 0.25) is 0 Å². The number of carbonyl (C=O) groups excluding carboxylic acids is 2. The summed E-state index contributed by atoms with van der Waals surface area (Å²) in [7, 11) is -4.61. The van der Waals surface area contributed by atoms with E-state index in [-0.39, 0.29) is 45.0 Å². The quantitative estimate of drug-likeness (QED) is 0.209. The van der Waals surface area contributed by atoms with Crippen molar-refractivity contribution in [1.29, 1.82) is 0 Å². The molecule has 0 aromatic heterocycles. The van der Waals surface area contributed by atoms with Crippen molar-refractivity contribution in [3.63, 3.8) is 0 Å². The molecule has 0 aliphatic heterocycles. The van der Waals surface area contributed by atoms with E-state index in [9.17, 15) is 27.7 Å². The highest BCUT2D eigenvalue weighted by atomic mass is 32.2. The Hall–Kier alpha value is -4.47. The summed E-state index contributed by atoms with van der Waals surface area (Å²) in [4.78, 5) is 25.7. The first kappa shape index (κ1) is 23.3. The van der Waals surface area contributed by atoms with Crippen LogP contribution in [0.5, 0.6) is 17.2 Å². The Morgan fingerprint density at radius 3 is 2.06 bits per heavy atom. The van der Waals surface area contributed by atoms with Gasteiger partial charge in [-0.15, -0.1) is 0 Å². The maximum absolute atomic E-state index is 13.1. The first-order valence-electron chi connectivity index (χ1n) is 10.8. The fourth-order valence-corrected chi connectivity index (χ4v) is 4.98. The summed E-state index contributed by atoms with van der Waals surface area (Å²) >= 11 is 0. The molecule has 4 aromatic carbocycles. The third-order valence-corrected chi connectivity index (χ3v) is 6.90. The van der Waals surface area contributed by atoms with Gasteiger partial charge >= 0.3 is 0 Å². The molecular weight excluding hydrogens is 482 g/mol. The summed E-state index contributed by atoms with van der Waals surface area (Å²) in [5, 5.41) is 10.6. The third-order valence-electron chi connectivity index (χ3n) is 5.97. The van der Waals surface area contributed by atoms with Crippen LogP contribution in [-0.4, -0.2) is 29.6 Å². The Kier molecular flexibility index (Phi) is 5.58. The zero-order chi connectivity index (χ0) is 25.6. The zero-order valence-electron chi connectivity index (χ0n) is 18.6. The summed E-state index contributed by atoms with van der Waals surface area (Å²) in [5.41, 5.74) is 7.36. The SMILES string of the molecule is Nc1c(Oc2ccc(Cc3ccccc3S(=O)(=O)[O-])cc2)cc(O)c2c1C(=O)c1ccccc1C2=O. The number of ether oxygens (including phenoxy) is 1. The molecule has 5 rings (SSSR count). The van der Waals surface area contributed by atoms with Crippen molar-refractivity contribution in [3.8, 4) is 17.2 Å². The molecule has 36 heavy (non-hydrogen) atoms. The van der Waals surface area contributed by atoms with Gasteiger partial charge in [-0.3, -0.25) is 9.59 Å². The summed E-state index contributed by atoms with van der Waals surface area (Å²) in [6, 6.07) is 20.0. The lowest BCUT2D eigenvalue weighted by molar-refractivity contribution is 0.0977. The second-order valence-corrected chi connectivity index (χ2v) is 9.59. The fraction of sp³-hybridized carbons (Fsp3) is 0.0370. The summed E-state index contributed by atoms with van der Waals surface area (Å²) in [5.74, 6) is -1.08. The van der Waals surface area contributed by atoms with Crippen molar-refractivity contribution in [2.75, 3.05) is 5.73 Å². The summed E-state index contributed by atoms with van der Waals surface area (Å²) < 4.78 is 40.4. The van der Waals surface area contributed by atoms with E-state index >= 15 is 0 Å². The van der Waals surface area contributed by atoms with Crippen LogP contribution in [0.1, 0.15) is 43.0 Å². The van der Waals surface area contributed by atoms with E-state index in [2.05, 4.69) is 0 Å². The second kappa shape index (κ2) is 8.63. The summed E-state index contributed by atoms with van der Waals surface area (Å²) in [6.07, 6.45) is 0.204. The van der Waals surface area contributed by atoms with E-state index < -0.39 is 27.4 Å². The number of carbonyl (C=O) groups is 2. The highest BCUT2D eigenvalue weighted by Gasteiger charge is 2.35. The van der Waals surface area contributed by atoms with Gasteiger partial charge in [-0.2, -0.15) is 0 Å². The predicted molar refractivity (Wildman–Crippen MR) is 130 cm³/mol. The maximum atomic E-state index is 13.1. The van der Waals surface area contributed by atoms with Gasteiger partial charge in [0.15, 0.2) is 17.3 Å². The molecule has 9 heteroatoms. The molecule has 0 bridgehead atoms. The number of anilines is 1. The van der Waals surface area contributed by atoms with Crippen LogP contribution >= 0.6 is 0 Å². The van der Waals surface area contributed by atoms with Gasteiger partial charge in [-0.1, -0.05) is 54.6 Å². The molecule has 0 radical (unpaired) electrons. The number of phenols is 1. The molecule has 1 aliphatic rings. The lowest BCUT2D eigenvalue weighted by Gasteiger charge is -2.21. The number of aromatic hydroxyl groups is 1. The molecule has 1 aliphatic carbocycles. The van der Waals surface area contributed by atoms with Crippen LogP contribution < -0.4 is 10.5 Å². The molecule has 0 fully saturated rings. The smallest absolute Gasteiger partial charge is 0.198 e. The first-order valence-corrected chi connectivity index (χ1v) is 12.2. The first-order chi connectivity index (χ1) is 17.1. The lowest BCUT2D eigenvalue weighted by atomic mass is 9.82. The van der Waals surface area contributed by atoms with Crippen molar-refractivity contribution in [3.05, 3.63) is 112 Å². The van der Waals surface area contributed by atoms with Crippen LogP contribution in [0.4, 0.5) is 5.69 Å². The van der Waals surface area contributed by atoms with Gasteiger partial charge in [-0.05, 0) is 35.7 Å². The molecule has 0 heterocycles. The number of fused-ring (bicyclic) bond motifs is 2. The second-order valence-electron chi connectivity index (χ2n) is 8.25. The van der Waals surface area contributed by atoms with Gasteiger partial charge in [0.2, 0.25) is 0 Å². The average molecular weight is 501 g/mol. The Balaban J connectivity index is 1.44. The van der Waals surface area contributed by atoms with Gasteiger partial charge < -0.3 is 20.1 Å². The van der Waals surface area contributed by atoms with Crippen LogP contribution in [0.25, 0.3) is 0 Å². The van der Waals surface area contributed by atoms with Crippen LogP contribution in [0.3, 0.4) is 0 Å². The Morgan fingerprint density at radius 1 is 0.833 bits per heavy atom. The topological polar surface area (TPSA) is 147 Å². The standard InChI is InChI=1S/C27H19NO7S/c28-25-21(14-20(29)23-24(25)27(31)19-7-3-2-6-18(19)26(23)30)35-17-11-9-15(10-12-17)13-16-5-1-4-8-22(16)36(32,33)34/h1-12,14,29H,13,28H2,(H,32,33,34)/p-1. The summed E-state index contributed by atoms with van der Waals surface area (Å²) in [6.45, 7) is 0. The van der Waals surface area contributed by atoms with Crippen LogP contribution in [0.15, 0.2) is 83.8 Å². The molecule has 0 spiro atoms. The number of rotatable bonds is 5. The number of hydrogen-bond donors (Lipinski definition) is 2. The monoisotopic (exact) mass is 500 g/mol. The van der Waals surface area contributed by atoms with Crippen molar-refractivity contribution in [1.82, 2.24) is 0 Å². The highest BCUT2D eigenvalue weighted by Crippen LogP contribution is 2.42. The van der Waals surface area contributed by atoms with E-state index in [1.54, 1.807) is 48.5 Å². The zero-order valence-corrected chi connectivity index (χ0v) is 19.4. The van der Waals surface area contributed by atoms with Gasteiger partial charge in [-0.25, -0.2) is 8.42 Å². The number of benzene rings is 4. The van der Waals surface area contributed by atoms with Gasteiger partial charge in [0.05, 0.1) is 21.7 Å². The largest absolute Gasteiger partial charge is 0.744 e. The average Bonchev–Trinajstić information content (AvgIpc) is 2.85. The number of phenolic OH excluding ortho intramolecular Hbond substituents is 1. The molecule has 0 atom stereocenters. The normalized spacial score (nSPS) is 12.7. The van der Waals surface area contributed by atoms with Gasteiger partial charge in [0.25, 0.3) is 0 Å². The lowest BCUT2D eigenvalue weighted by Crippen LogP contribution is -2.22. The van der Waals surface area contributed by atoms with E-state index in [0.29, 0.717) is 11.3 Å². The van der Waals surface area contributed by atoms with Crippen LogP contribution in [0, 0.1) is 0 Å². The van der Waals surface area contributed by atoms with E-state index in [0.717, 1.165) is 5.56 Å². The Labute approximate surface area is 206 Å². The van der Waals surface area contributed by atoms with Crippen molar-refractivity contribution >= 4 is 27.4 Å². The number of nitrogens with two attached hydrogens (primary N) is 1. The Bertz CT molecular complexity index is 1660. The third kappa shape index (κ3) is 4.00. The van der Waals surface area contributed by atoms with Crippen molar-refractivity contribution < 1.29 is 32.4 Å². The minimum absolute atomic E-state index is 0.00215. The van der Waals surface area contributed by atoms with E-state index in [1.165, 1.54) is 30.3 Å². The van der Waals surface area contributed by atoms with Gasteiger partial charge in [0.1, 0.15) is 21.6 Å². The molecule has 0 amide bonds. The minimum atomic E-state index is -4.61. The number of nitrogen functional groups attached to an aromatic ring is 1. The van der Waals surface area contributed by atoms with Crippen LogP contribution in [-0.2, 0) is 16.5 Å². The molecule has 8 nitrogen and oxygen atoms in total. The van der Waals surface area contributed by atoms with Gasteiger partial charge in [0, 0.05) is 17.2 Å². The van der Waals surface area contributed by atoms with E-state index in [4.69, 9.17) is 10.5 Å². The fourth-order valence-electron chi connectivity index (χ4n) is 4.27. The molecule has 0 unspecified atom stereocenters. The minimum Gasteiger partial charge on any atom is -0.744 e. The molecule has 4 aromatic rings. The number of ketones is 2. The maximum Gasteiger partial charge on any atom is 0.198 e. The molecule has 0 saturated heterocycles. The molecule has 3 N–H and O–H groups in total. The van der Waals surface area contributed by atoms with Crippen molar-refractivity contribution in [2.24, 2.45) is 0 Å². The number of hydrogen-bond acceptors (Lipinski definition) is 8. The Morgan fingerprint density at radius 2 is 1.42 bits per heavy atom. The van der Waals surface area contributed by atoms with E-state index in [1.807, 2.05) is 0 Å². The predicted octanol–water partition coefficient (Wildman–Crippen LogP) is 4.04. The van der Waals surface area contributed by atoms with Crippen molar-refractivity contribution in [2.45, 2.75) is 11.3 Å². The molecule has 0 saturated carbocycles. The molecule has 180 valence electrons. The molecular formula is C27H18NO7S-. The highest BCUT2D eigenvalue weighted by molar-refractivity contribution is 7.85.